The van der Waals surface area contributed by atoms with Crippen molar-refractivity contribution in [2.45, 2.75) is 20.4 Å². The molecule has 0 aliphatic rings. The van der Waals surface area contributed by atoms with E-state index in [1.165, 1.54) is 4.57 Å². The van der Waals surface area contributed by atoms with Gasteiger partial charge in [0.2, 0.25) is 0 Å². The quantitative estimate of drug-likeness (QED) is 0.702. The average Bonchev–Trinajstić information content (AvgIpc) is 2.68. The van der Waals surface area contributed by atoms with Crippen LogP contribution in [0.3, 0.4) is 0 Å². The van der Waals surface area contributed by atoms with Crippen LogP contribution in [0.5, 0.6) is 0 Å². The van der Waals surface area contributed by atoms with Crippen LogP contribution >= 0.6 is 0 Å². The maximum Gasteiger partial charge on any atom is 0.338 e. The van der Waals surface area contributed by atoms with Crippen LogP contribution in [0.4, 0.5) is 5.69 Å². The minimum atomic E-state index is -0.517. The zero-order valence-corrected chi connectivity index (χ0v) is 15.1. The molecule has 0 fully saturated rings. The Morgan fingerprint density at radius 1 is 1.15 bits per heavy atom. The van der Waals surface area contributed by atoms with E-state index in [2.05, 4.69) is 10.3 Å². The first-order valence-electron chi connectivity index (χ1n) is 8.62. The molecule has 0 atom stereocenters. The lowest BCUT2D eigenvalue weighted by Crippen LogP contribution is -2.29. The van der Waals surface area contributed by atoms with Crippen molar-refractivity contribution in [1.82, 2.24) is 9.55 Å². The predicted octanol–water partition coefficient (Wildman–Crippen LogP) is 2.85. The number of esters is 1. The third-order valence-electron chi connectivity index (χ3n) is 4.06. The Kier molecular flexibility index (Phi) is 5.30. The first-order valence-corrected chi connectivity index (χ1v) is 8.62. The summed E-state index contributed by atoms with van der Waals surface area (Å²) in [5, 5.41) is 3.40. The highest BCUT2D eigenvalue weighted by Gasteiger charge is 2.16. The van der Waals surface area contributed by atoms with Crippen LogP contribution in [-0.2, 0) is 11.3 Å². The molecule has 1 amide bonds. The summed E-state index contributed by atoms with van der Waals surface area (Å²) in [5.74, 6) is -0.944. The molecular formula is C20H19N3O4. The highest BCUT2D eigenvalue weighted by Crippen LogP contribution is 2.14. The average molecular weight is 365 g/mol. The van der Waals surface area contributed by atoms with Gasteiger partial charge in [-0.1, -0.05) is 0 Å². The molecule has 0 saturated carbocycles. The van der Waals surface area contributed by atoms with E-state index in [9.17, 15) is 14.4 Å². The molecule has 1 aromatic carbocycles. The molecule has 3 aromatic rings. The monoisotopic (exact) mass is 365 g/mol. The standard InChI is InChI=1S/C20H19N3O4/c1-3-23-17-14(6-5-11-21-17)12-16(19(23)25)18(24)22-15-9-7-13(8-10-15)20(26)27-4-2/h5-12H,3-4H2,1-2H3,(H,22,24). The number of pyridine rings is 2. The summed E-state index contributed by atoms with van der Waals surface area (Å²) in [6, 6.07) is 11.4. The largest absolute Gasteiger partial charge is 0.462 e. The Balaban J connectivity index is 1.89. The highest BCUT2D eigenvalue weighted by atomic mass is 16.5. The number of hydrogen-bond donors (Lipinski definition) is 1. The van der Waals surface area contributed by atoms with Crippen molar-refractivity contribution in [3.05, 3.63) is 70.1 Å². The van der Waals surface area contributed by atoms with Crippen LogP contribution in [0, 0.1) is 0 Å². The molecule has 7 heteroatoms. The van der Waals surface area contributed by atoms with Crippen LogP contribution in [0.1, 0.15) is 34.6 Å². The van der Waals surface area contributed by atoms with Crippen molar-refractivity contribution in [2.75, 3.05) is 11.9 Å². The molecule has 0 radical (unpaired) electrons. The van der Waals surface area contributed by atoms with E-state index in [0.717, 1.165) is 0 Å². The number of benzene rings is 1. The molecule has 27 heavy (non-hydrogen) atoms. The van der Waals surface area contributed by atoms with E-state index in [0.29, 0.717) is 28.8 Å². The second-order valence-corrected chi connectivity index (χ2v) is 5.78. The zero-order chi connectivity index (χ0) is 19.4. The molecule has 0 spiro atoms. The summed E-state index contributed by atoms with van der Waals surface area (Å²) in [7, 11) is 0. The molecule has 0 saturated heterocycles. The Labute approximate surface area is 155 Å². The molecule has 138 valence electrons. The van der Waals surface area contributed by atoms with Crippen LogP contribution < -0.4 is 10.9 Å². The molecule has 0 unspecified atom stereocenters. The molecule has 7 nitrogen and oxygen atoms in total. The lowest BCUT2D eigenvalue weighted by molar-refractivity contribution is 0.0526. The molecular weight excluding hydrogens is 346 g/mol. The van der Waals surface area contributed by atoms with Crippen molar-refractivity contribution in [3.8, 4) is 0 Å². The number of carbonyl (C=O) groups is 2. The number of fused-ring (bicyclic) bond motifs is 1. The number of anilines is 1. The third kappa shape index (κ3) is 3.72. The molecule has 0 aliphatic carbocycles. The first-order chi connectivity index (χ1) is 13.0. The van der Waals surface area contributed by atoms with Gasteiger partial charge in [-0.3, -0.25) is 14.2 Å². The van der Waals surface area contributed by atoms with Crippen molar-refractivity contribution >= 4 is 28.6 Å². The smallest absolute Gasteiger partial charge is 0.338 e. The summed E-state index contributed by atoms with van der Waals surface area (Å²) in [6.45, 7) is 4.25. The fourth-order valence-electron chi connectivity index (χ4n) is 2.76. The number of rotatable bonds is 5. The molecule has 0 bridgehead atoms. The van der Waals surface area contributed by atoms with Gasteiger partial charge in [-0.15, -0.1) is 0 Å². The Morgan fingerprint density at radius 3 is 2.56 bits per heavy atom. The Bertz CT molecular complexity index is 1060. The van der Waals surface area contributed by atoms with E-state index < -0.39 is 17.4 Å². The minimum Gasteiger partial charge on any atom is -0.462 e. The number of nitrogens with zero attached hydrogens (tertiary/aromatic N) is 2. The fourth-order valence-corrected chi connectivity index (χ4v) is 2.76. The summed E-state index contributed by atoms with van der Waals surface area (Å²) in [5.41, 5.74) is 1.04. The van der Waals surface area contributed by atoms with Gasteiger partial charge in [-0.2, -0.15) is 0 Å². The Hall–Kier alpha value is -3.48. The van der Waals surface area contributed by atoms with E-state index >= 15 is 0 Å². The normalized spacial score (nSPS) is 10.6. The second kappa shape index (κ2) is 7.82. The van der Waals surface area contributed by atoms with Crippen LogP contribution in [0.15, 0.2) is 53.5 Å². The molecule has 0 aliphatic heterocycles. The van der Waals surface area contributed by atoms with Gasteiger partial charge in [0.05, 0.1) is 12.2 Å². The predicted molar refractivity (Wildman–Crippen MR) is 102 cm³/mol. The van der Waals surface area contributed by atoms with Gasteiger partial charge >= 0.3 is 5.97 Å². The maximum absolute atomic E-state index is 12.7. The Morgan fingerprint density at radius 2 is 1.89 bits per heavy atom. The van der Waals surface area contributed by atoms with Crippen molar-refractivity contribution < 1.29 is 14.3 Å². The van der Waals surface area contributed by atoms with E-state index in [1.54, 1.807) is 55.6 Å². The van der Waals surface area contributed by atoms with Gasteiger partial charge < -0.3 is 10.1 Å². The second-order valence-electron chi connectivity index (χ2n) is 5.78. The van der Waals surface area contributed by atoms with Gasteiger partial charge in [0.15, 0.2) is 0 Å². The SMILES string of the molecule is CCOC(=O)c1ccc(NC(=O)c2cc3cccnc3n(CC)c2=O)cc1. The van der Waals surface area contributed by atoms with Gasteiger partial charge in [0, 0.05) is 23.8 Å². The summed E-state index contributed by atoms with van der Waals surface area (Å²) >= 11 is 0. The number of amides is 1. The zero-order valence-electron chi connectivity index (χ0n) is 15.1. The van der Waals surface area contributed by atoms with E-state index in [4.69, 9.17) is 4.74 Å². The van der Waals surface area contributed by atoms with Gasteiger partial charge in [-0.05, 0) is 56.3 Å². The van der Waals surface area contributed by atoms with E-state index in [-0.39, 0.29) is 12.2 Å². The number of nitrogens with one attached hydrogen (secondary N) is 1. The first kappa shape index (κ1) is 18.3. The van der Waals surface area contributed by atoms with Crippen LogP contribution in [0.25, 0.3) is 11.0 Å². The molecule has 2 aromatic heterocycles. The number of aryl methyl sites for hydroxylation is 1. The van der Waals surface area contributed by atoms with Crippen molar-refractivity contribution in [3.63, 3.8) is 0 Å². The number of hydrogen-bond acceptors (Lipinski definition) is 5. The maximum atomic E-state index is 12.7. The van der Waals surface area contributed by atoms with Crippen molar-refractivity contribution in [2.24, 2.45) is 0 Å². The highest BCUT2D eigenvalue weighted by molar-refractivity contribution is 6.05. The van der Waals surface area contributed by atoms with Crippen LogP contribution in [-0.4, -0.2) is 28.0 Å². The summed E-state index contributed by atoms with van der Waals surface area (Å²) < 4.78 is 6.39. The third-order valence-corrected chi connectivity index (χ3v) is 4.06. The van der Waals surface area contributed by atoms with Gasteiger partial charge in [0.1, 0.15) is 11.2 Å². The topological polar surface area (TPSA) is 90.3 Å². The summed E-state index contributed by atoms with van der Waals surface area (Å²) in [4.78, 5) is 41.2. The lowest BCUT2D eigenvalue weighted by atomic mass is 10.1. The molecule has 2 heterocycles. The molecule has 3 rings (SSSR count). The minimum absolute atomic E-state index is 0.0341. The van der Waals surface area contributed by atoms with Crippen molar-refractivity contribution in [1.29, 1.82) is 0 Å². The van der Waals surface area contributed by atoms with Gasteiger partial charge in [0.25, 0.3) is 11.5 Å². The number of ether oxygens (including phenoxy) is 1. The summed E-state index contributed by atoms with van der Waals surface area (Å²) in [6.07, 6.45) is 1.61. The molecule has 1 N–H and O–H groups in total. The van der Waals surface area contributed by atoms with Crippen LogP contribution in [0.2, 0.25) is 0 Å². The lowest BCUT2D eigenvalue weighted by Gasteiger charge is -2.11. The fraction of sp³-hybridized carbons (Fsp3) is 0.200. The number of carbonyl (C=O) groups excluding carboxylic acids is 2. The van der Waals surface area contributed by atoms with Gasteiger partial charge in [-0.25, -0.2) is 9.78 Å². The number of aromatic nitrogens is 2. The van der Waals surface area contributed by atoms with E-state index in [1.807, 2.05) is 6.92 Å².